The summed E-state index contributed by atoms with van der Waals surface area (Å²) in [6.45, 7) is 4.76. The van der Waals surface area contributed by atoms with E-state index in [9.17, 15) is 9.59 Å². The maximum absolute atomic E-state index is 11.5. The summed E-state index contributed by atoms with van der Waals surface area (Å²) in [5.41, 5.74) is -0.915. The molecule has 104 valence electrons. The first-order chi connectivity index (χ1) is 8.48. The second-order valence-electron chi connectivity index (χ2n) is 4.92. The second kappa shape index (κ2) is 6.58. The molecule has 0 aromatic rings. The van der Waals surface area contributed by atoms with Crippen LogP contribution in [-0.2, 0) is 9.53 Å². The topological polar surface area (TPSA) is 87.7 Å². The standard InChI is InChI=1S/C12H22N2O4/c1-3-12(2,10(15)16)8-14-11(17)13-7-9-5-4-6-18-9/h9H,3-8H2,1-2H3,(H,15,16)(H2,13,14,17). The van der Waals surface area contributed by atoms with Gasteiger partial charge in [0.25, 0.3) is 0 Å². The number of urea groups is 1. The lowest BCUT2D eigenvalue weighted by Gasteiger charge is -2.23. The Hall–Kier alpha value is -1.30. The van der Waals surface area contributed by atoms with Gasteiger partial charge in [0.2, 0.25) is 0 Å². The Kier molecular flexibility index (Phi) is 5.40. The van der Waals surface area contributed by atoms with Crippen LogP contribution in [0.4, 0.5) is 4.79 Å². The minimum atomic E-state index is -0.915. The van der Waals surface area contributed by atoms with Gasteiger partial charge in [-0.1, -0.05) is 6.92 Å². The number of aliphatic carboxylic acids is 1. The maximum Gasteiger partial charge on any atom is 0.314 e. The fourth-order valence-corrected chi connectivity index (χ4v) is 1.70. The lowest BCUT2D eigenvalue weighted by Crippen LogP contribution is -2.46. The number of ether oxygens (including phenoxy) is 1. The molecule has 0 aliphatic carbocycles. The summed E-state index contributed by atoms with van der Waals surface area (Å²) >= 11 is 0. The van der Waals surface area contributed by atoms with Crippen molar-refractivity contribution in [1.29, 1.82) is 0 Å². The van der Waals surface area contributed by atoms with Crippen molar-refractivity contribution >= 4 is 12.0 Å². The fraction of sp³-hybridized carbons (Fsp3) is 0.833. The number of hydrogen-bond donors (Lipinski definition) is 3. The van der Waals surface area contributed by atoms with Gasteiger partial charge in [-0.15, -0.1) is 0 Å². The van der Waals surface area contributed by atoms with Gasteiger partial charge in [-0.3, -0.25) is 4.79 Å². The van der Waals surface area contributed by atoms with Gasteiger partial charge in [0.1, 0.15) is 0 Å². The van der Waals surface area contributed by atoms with E-state index in [4.69, 9.17) is 9.84 Å². The van der Waals surface area contributed by atoms with Crippen LogP contribution in [0.5, 0.6) is 0 Å². The van der Waals surface area contributed by atoms with Crippen molar-refractivity contribution in [2.24, 2.45) is 5.41 Å². The summed E-state index contributed by atoms with van der Waals surface area (Å²) in [4.78, 5) is 22.6. The molecule has 1 fully saturated rings. The molecule has 1 saturated heterocycles. The van der Waals surface area contributed by atoms with Crippen molar-refractivity contribution in [2.75, 3.05) is 19.7 Å². The lowest BCUT2D eigenvalue weighted by atomic mass is 9.88. The number of amides is 2. The van der Waals surface area contributed by atoms with E-state index in [-0.39, 0.29) is 18.7 Å². The number of rotatable bonds is 6. The highest BCUT2D eigenvalue weighted by atomic mass is 16.5. The molecule has 1 rings (SSSR count). The van der Waals surface area contributed by atoms with Gasteiger partial charge in [0.05, 0.1) is 11.5 Å². The smallest absolute Gasteiger partial charge is 0.314 e. The summed E-state index contributed by atoms with van der Waals surface area (Å²) in [6.07, 6.45) is 2.55. The lowest BCUT2D eigenvalue weighted by molar-refractivity contribution is -0.147. The molecule has 1 heterocycles. The fourth-order valence-electron chi connectivity index (χ4n) is 1.70. The first-order valence-corrected chi connectivity index (χ1v) is 6.34. The molecule has 0 bridgehead atoms. The van der Waals surface area contributed by atoms with Crippen LogP contribution in [0.1, 0.15) is 33.1 Å². The summed E-state index contributed by atoms with van der Waals surface area (Å²) in [7, 11) is 0. The molecule has 0 spiro atoms. The summed E-state index contributed by atoms with van der Waals surface area (Å²) in [5, 5.41) is 14.3. The molecule has 6 nitrogen and oxygen atoms in total. The predicted molar refractivity (Wildman–Crippen MR) is 66.4 cm³/mol. The molecular weight excluding hydrogens is 236 g/mol. The van der Waals surface area contributed by atoms with Gasteiger partial charge < -0.3 is 20.5 Å². The third-order valence-electron chi connectivity index (χ3n) is 3.45. The van der Waals surface area contributed by atoms with Crippen molar-refractivity contribution in [3.63, 3.8) is 0 Å². The van der Waals surface area contributed by atoms with Gasteiger partial charge in [0, 0.05) is 19.7 Å². The number of hydrogen-bond acceptors (Lipinski definition) is 3. The van der Waals surface area contributed by atoms with E-state index in [1.54, 1.807) is 13.8 Å². The summed E-state index contributed by atoms with van der Waals surface area (Å²) < 4.78 is 5.37. The Bertz CT molecular complexity index is 302. The maximum atomic E-state index is 11.5. The quantitative estimate of drug-likeness (QED) is 0.662. The molecule has 3 N–H and O–H groups in total. The number of carbonyl (C=O) groups is 2. The first-order valence-electron chi connectivity index (χ1n) is 6.34. The largest absolute Gasteiger partial charge is 0.481 e. The van der Waals surface area contributed by atoms with Crippen LogP contribution in [0.15, 0.2) is 0 Å². The molecule has 1 aliphatic rings. The van der Waals surface area contributed by atoms with Gasteiger partial charge in [-0.25, -0.2) is 4.79 Å². The molecule has 18 heavy (non-hydrogen) atoms. The average molecular weight is 258 g/mol. The zero-order chi connectivity index (χ0) is 13.6. The minimum Gasteiger partial charge on any atom is -0.481 e. The van der Waals surface area contributed by atoms with Crippen molar-refractivity contribution in [3.05, 3.63) is 0 Å². The highest BCUT2D eigenvalue weighted by molar-refractivity contribution is 5.77. The number of carboxylic acids is 1. The van der Waals surface area contributed by atoms with Crippen molar-refractivity contribution in [2.45, 2.75) is 39.2 Å². The highest BCUT2D eigenvalue weighted by Gasteiger charge is 2.31. The monoisotopic (exact) mass is 258 g/mol. The molecule has 0 saturated carbocycles. The highest BCUT2D eigenvalue weighted by Crippen LogP contribution is 2.19. The van der Waals surface area contributed by atoms with Gasteiger partial charge >= 0.3 is 12.0 Å². The third kappa shape index (κ3) is 4.18. The Morgan fingerprint density at radius 1 is 1.44 bits per heavy atom. The van der Waals surface area contributed by atoms with E-state index in [0.29, 0.717) is 13.0 Å². The Morgan fingerprint density at radius 2 is 2.17 bits per heavy atom. The van der Waals surface area contributed by atoms with Crippen molar-refractivity contribution in [1.82, 2.24) is 10.6 Å². The Morgan fingerprint density at radius 3 is 2.67 bits per heavy atom. The number of nitrogens with one attached hydrogen (secondary N) is 2. The molecule has 6 heteroatoms. The van der Waals surface area contributed by atoms with E-state index in [1.165, 1.54) is 0 Å². The molecular formula is C12H22N2O4. The average Bonchev–Trinajstić information content (AvgIpc) is 2.86. The summed E-state index contributed by atoms with van der Waals surface area (Å²) in [5.74, 6) is -0.899. The molecule has 0 aromatic carbocycles. The van der Waals surface area contributed by atoms with Crippen LogP contribution < -0.4 is 10.6 Å². The van der Waals surface area contributed by atoms with Crippen LogP contribution in [-0.4, -0.2) is 42.9 Å². The van der Waals surface area contributed by atoms with Crippen molar-refractivity contribution < 1.29 is 19.4 Å². The molecule has 2 atom stereocenters. The van der Waals surface area contributed by atoms with Gasteiger partial charge in [0.15, 0.2) is 0 Å². The number of carboxylic acid groups (broad SMARTS) is 1. The first kappa shape index (κ1) is 14.8. The molecule has 0 aromatic heterocycles. The normalized spacial score (nSPS) is 22.2. The van der Waals surface area contributed by atoms with E-state index >= 15 is 0 Å². The van der Waals surface area contributed by atoms with E-state index in [0.717, 1.165) is 19.4 Å². The van der Waals surface area contributed by atoms with Gasteiger partial charge in [-0.2, -0.15) is 0 Å². The zero-order valence-corrected chi connectivity index (χ0v) is 11.0. The van der Waals surface area contributed by atoms with E-state index < -0.39 is 11.4 Å². The second-order valence-corrected chi connectivity index (χ2v) is 4.92. The van der Waals surface area contributed by atoms with Gasteiger partial charge in [-0.05, 0) is 26.2 Å². The van der Waals surface area contributed by atoms with E-state index in [1.807, 2.05) is 0 Å². The van der Waals surface area contributed by atoms with E-state index in [2.05, 4.69) is 10.6 Å². The zero-order valence-electron chi connectivity index (χ0n) is 11.0. The summed E-state index contributed by atoms with van der Waals surface area (Å²) in [6, 6.07) is -0.341. The predicted octanol–water partition coefficient (Wildman–Crippen LogP) is 0.965. The van der Waals surface area contributed by atoms with Crippen LogP contribution in [0.3, 0.4) is 0 Å². The van der Waals surface area contributed by atoms with Crippen LogP contribution >= 0.6 is 0 Å². The molecule has 1 aliphatic heterocycles. The molecule has 0 radical (unpaired) electrons. The Balaban J connectivity index is 2.25. The van der Waals surface area contributed by atoms with Crippen molar-refractivity contribution in [3.8, 4) is 0 Å². The minimum absolute atomic E-state index is 0.0905. The van der Waals surface area contributed by atoms with Crippen LogP contribution in [0, 0.1) is 5.41 Å². The van der Waals surface area contributed by atoms with Crippen LogP contribution in [0.25, 0.3) is 0 Å². The molecule has 2 unspecified atom stereocenters. The molecule has 2 amide bonds. The SMILES string of the molecule is CCC(C)(CNC(=O)NCC1CCCO1)C(=O)O. The van der Waals surface area contributed by atoms with Crippen LogP contribution in [0.2, 0.25) is 0 Å². The number of carbonyl (C=O) groups excluding carboxylic acids is 1. The Labute approximate surface area is 107 Å². The third-order valence-corrected chi connectivity index (χ3v) is 3.45.